The van der Waals surface area contributed by atoms with E-state index < -0.39 is 41.4 Å². The van der Waals surface area contributed by atoms with E-state index in [1.807, 2.05) is 56.7 Å². The number of amides is 1. The number of esters is 1. The lowest BCUT2D eigenvalue weighted by molar-refractivity contribution is -0.295. The van der Waals surface area contributed by atoms with Crippen LogP contribution in [0.1, 0.15) is 68.2 Å². The first-order valence-electron chi connectivity index (χ1n) is 17.8. The van der Waals surface area contributed by atoms with Crippen molar-refractivity contribution in [2.75, 3.05) is 74.6 Å². The summed E-state index contributed by atoms with van der Waals surface area (Å²) in [6, 6.07) is -0.317. The summed E-state index contributed by atoms with van der Waals surface area (Å²) in [5.74, 6) is -1.06. The standard InChI is InChI=1S/C36H66N4O8/c1-22(2)16-39-17-23(3)15-36(8,45-13)32(48-33-30(42)27(38(11)12)14-24(4)47-33)25(5)31(43)35(6,7)34(44)46-21-28(39)26-18-40(19-26)29(41)20-37(9)10/h22-28,30,32-33,42H,14-21H2,1-13H3/t23-,24-,25+,27+,28?,30-,32-,33+,36-/m1/s1. The fourth-order valence-electron chi connectivity index (χ4n) is 7.90. The number of aliphatic hydroxyl groups is 1. The highest BCUT2D eigenvalue weighted by Crippen LogP contribution is 2.39. The third kappa shape index (κ3) is 9.56. The molecule has 12 heteroatoms. The van der Waals surface area contributed by atoms with E-state index in [2.05, 4.69) is 25.7 Å². The zero-order chi connectivity index (χ0) is 36.3. The number of cyclic esters (lactones) is 1. The van der Waals surface area contributed by atoms with E-state index in [-0.39, 0.29) is 48.3 Å². The number of carbonyl (C=O) groups is 3. The first kappa shape index (κ1) is 40.8. The Morgan fingerprint density at radius 2 is 1.69 bits per heavy atom. The summed E-state index contributed by atoms with van der Waals surface area (Å²) >= 11 is 0. The first-order valence-corrected chi connectivity index (χ1v) is 17.8. The van der Waals surface area contributed by atoms with Gasteiger partial charge in [-0.25, -0.2) is 0 Å². The lowest BCUT2D eigenvalue weighted by atomic mass is 9.74. The van der Waals surface area contributed by atoms with Crippen LogP contribution in [0.25, 0.3) is 0 Å². The summed E-state index contributed by atoms with van der Waals surface area (Å²) in [7, 11) is 9.23. The Morgan fingerprint density at radius 3 is 2.23 bits per heavy atom. The van der Waals surface area contributed by atoms with Gasteiger partial charge in [-0.05, 0) is 80.6 Å². The van der Waals surface area contributed by atoms with Crippen LogP contribution in [-0.2, 0) is 33.3 Å². The lowest BCUT2D eigenvalue weighted by Gasteiger charge is -2.48. The molecule has 0 bridgehead atoms. The van der Waals surface area contributed by atoms with Gasteiger partial charge in [-0.15, -0.1) is 0 Å². The number of hydrogen-bond donors (Lipinski definition) is 1. The highest BCUT2D eigenvalue weighted by Gasteiger charge is 2.52. The van der Waals surface area contributed by atoms with Crippen LogP contribution in [0.15, 0.2) is 0 Å². The Bertz CT molecular complexity index is 1100. The van der Waals surface area contributed by atoms with Crippen molar-refractivity contribution >= 4 is 17.7 Å². The summed E-state index contributed by atoms with van der Waals surface area (Å²) in [6.07, 6.45) is -1.76. The van der Waals surface area contributed by atoms with Crippen LogP contribution in [0.2, 0.25) is 0 Å². The lowest BCUT2D eigenvalue weighted by Crippen LogP contribution is -2.61. The highest BCUT2D eigenvalue weighted by molar-refractivity contribution is 6.04. The Kier molecular flexibility index (Phi) is 14.1. The summed E-state index contributed by atoms with van der Waals surface area (Å²) in [5, 5.41) is 11.4. The van der Waals surface area contributed by atoms with Gasteiger partial charge in [0.2, 0.25) is 5.91 Å². The number of hydrogen-bond acceptors (Lipinski definition) is 11. The second-order valence-corrected chi connectivity index (χ2v) is 16.5. The van der Waals surface area contributed by atoms with Gasteiger partial charge in [-0.1, -0.05) is 27.7 Å². The number of Topliss-reactive ketones (excluding diaryl/α,β-unsaturated/α-hetero) is 1. The fourth-order valence-corrected chi connectivity index (χ4v) is 7.90. The molecule has 3 aliphatic rings. The Labute approximate surface area is 289 Å². The summed E-state index contributed by atoms with van der Waals surface area (Å²) < 4.78 is 25.2. The summed E-state index contributed by atoms with van der Waals surface area (Å²) in [6.45, 7) is 18.6. The maximum Gasteiger partial charge on any atom is 0.319 e. The average molecular weight is 683 g/mol. The van der Waals surface area contributed by atoms with E-state index in [1.54, 1.807) is 27.9 Å². The predicted octanol–water partition coefficient (Wildman–Crippen LogP) is 2.36. The van der Waals surface area contributed by atoms with Gasteiger partial charge in [-0.3, -0.25) is 19.3 Å². The molecule has 0 aromatic carbocycles. The average Bonchev–Trinajstić information content (AvgIpc) is 2.95. The molecule has 0 radical (unpaired) electrons. The van der Waals surface area contributed by atoms with E-state index in [0.717, 1.165) is 6.54 Å². The molecule has 3 aliphatic heterocycles. The Hall–Kier alpha value is -1.67. The summed E-state index contributed by atoms with van der Waals surface area (Å²) in [4.78, 5) is 49.0. The minimum absolute atomic E-state index is 0.0858. The van der Waals surface area contributed by atoms with E-state index in [4.69, 9.17) is 18.9 Å². The quantitative estimate of drug-likeness (QED) is 0.285. The van der Waals surface area contributed by atoms with Crippen molar-refractivity contribution in [1.82, 2.24) is 19.6 Å². The summed E-state index contributed by atoms with van der Waals surface area (Å²) in [5.41, 5.74) is -2.44. The molecule has 0 saturated carbocycles. The Morgan fingerprint density at radius 1 is 1.06 bits per heavy atom. The van der Waals surface area contributed by atoms with E-state index >= 15 is 0 Å². The second-order valence-electron chi connectivity index (χ2n) is 16.5. The molecule has 1 unspecified atom stereocenters. The number of nitrogens with zero attached hydrogens (tertiary/aromatic N) is 4. The highest BCUT2D eigenvalue weighted by atomic mass is 16.7. The van der Waals surface area contributed by atoms with Crippen molar-refractivity contribution in [2.45, 2.75) is 111 Å². The van der Waals surface area contributed by atoms with Crippen molar-refractivity contribution in [3.8, 4) is 0 Å². The minimum Gasteiger partial charge on any atom is -0.463 e. The number of ether oxygens (including phenoxy) is 4. The van der Waals surface area contributed by atoms with Crippen LogP contribution in [0.3, 0.4) is 0 Å². The molecule has 3 saturated heterocycles. The van der Waals surface area contributed by atoms with Crippen molar-refractivity contribution in [3.63, 3.8) is 0 Å². The van der Waals surface area contributed by atoms with Crippen LogP contribution >= 0.6 is 0 Å². The largest absolute Gasteiger partial charge is 0.463 e. The van der Waals surface area contributed by atoms with E-state index in [0.29, 0.717) is 44.9 Å². The molecule has 12 nitrogen and oxygen atoms in total. The molecule has 0 spiro atoms. The third-order valence-corrected chi connectivity index (χ3v) is 10.6. The van der Waals surface area contributed by atoms with Crippen molar-refractivity contribution in [3.05, 3.63) is 0 Å². The number of likely N-dealkylation sites (tertiary alicyclic amines) is 1. The number of aliphatic hydroxyl groups excluding tert-OH is 1. The van der Waals surface area contributed by atoms with Gasteiger partial charge in [-0.2, -0.15) is 0 Å². The minimum atomic E-state index is -1.47. The number of likely N-dealkylation sites (N-methyl/N-ethyl adjacent to an activating group) is 2. The monoisotopic (exact) mass is 682 g/mol. The molecule has 1 amide bonds. The van der Waals surface area contributed by atoms with Crippen molar-refractivity contribution < 1.29 is 38.4 Å². The van der Waals surface area contributed by atoms with Gasteiger partial charge >= 0.3 is 5.97 Å². The predicted molar refractivity (Wildman–Crippen MR) is 184 cm³/mol. The van der Waals surface area contributed by atoms with Crippen molar-refractivity contribution in [1.29, 1.82) is 0 Å². The van der Waals surface area contributed by atoms with Crippen LogP contribution in [-0.4, -0.2) is 159 Å². The normalized spacial score (nSPS) is 36.4. The van der Waals surface area contributed by atoms with Gasteiger partial charge in [0.05, 0.1) is 30.4 Å². The van der Waals surface area contributed by atoms with E-state index in [1.165, 1.54) is 0 Å². The van der Waals surface area contributed by atoms with Crippen LogP contribution in [0.4, 0.5) is 0 Å². The molecule has 3 fully saturated rings. The molecule has 9 atom stereocenters. The zero-order valence-electron chi connectivity index (χ0n) is 32.0. The van der Waals surface area contributed by atoms with Crippen molar-refractivity contribution in [2.24, 2.45) is 29.1 Å². The third-order valence-electron chi connectivity index (χ3n) is 10.6. The van der Waals surface area contributed by atoms with Crippen LogP contribution in [0, 0.1) is 29.1 Å². The SMILES string of the molecule is CO[C@]1(C)C[C@@H](C)CN(CC(C)C)C(C2CN(C(=O)CN(C)C)C2)COC(=O)C(C)(C)C(=O)[C@H](C)[C@H]1O[C@@H]1O[C@H](C)C[C@H](N(C)C)[C@H]1O. The van der Waals surface area contributed by atoms with Gasteiger partial charge in [0.25, 0.3) is 0 Å². The molecular formula is C36H66N4O8. The van der Waals surface area contributed by atoms with Gasteiger partial charge in [0, 0.05) is 51.2 Å². The number of rotatable bonds is 9. The van der Waals surface area contributed by atoms with Gasteiger partial charge < -0.3 is 38.8 Å². The zero-order valence-corrected chi connectivity index (χ0v) is 32.0. The second kappa shape index (κ2) is 16.6. The number of methoxy groups -OCH3 is 1. The molecule has 278 valence electrons. The maximum absolute atomic E-state index is 14.3. The number of carbonyl (C=O) groups excluding carboxylic acids is 3. The first-order chi connectivity index (χ1) is 22.2. The molecule has 0 aliphatic carbocycles. The molecule has 0 aromatic heterocycles. The van der Waals surface area contributed by atoms with Crippen LogP contribution < -0.4 is 0 Å². The fraction of sp³-hybridized carbons (Fsp3) is 0.917. The molecule has 3 heterocycles. The topological polar surface area (TPSA) is 121 Å². The smallest absolute Gasteiger partial charge is 0.319 e. The molecule has 1 N–H and O–H groups in total. The maximum atomic E-state index is 14.3. The van der Waals surface area contributed by atoms with Crippen LogP contribution in [0.5, 0.6) is 0 Å². The Balaban J connectivity index is 2.00. The van der Waals surface area contributed by atoms with Gasteiger partial charge in [0.15, 0.2) is 12.1 Å². The molecule has 48 heavy (non-hydrogen) atoms. The molecular weight excluding hydrogens is 616 g/mol. The molecule has 3 rings (SSSR count). The van der Waals surface area contributed by atoms with E-state index in [9.17, 15) is 19.5 Å². The number of ketones is 1. The van der Waals surface area contributed by atoms with Gasteiger partial charge in [0.1, 0.15) is 18.1 Å². The molecule has 0 aromatic rings.